The second-order valence-corrected chi connectivity index (χ2v) is 7.08. The van der Waals surface area contributed by atoms with Crippen LogP contribution in [0.3, 0.4) is 0 Å². The summed E-state index contributed by atoms with van der Waals surface area (Å²) in [4.78, 5) is 32.1. The first-order valence-electron chi connectivity index (χ1n) is 9.99. The van der Waals surface area contributed by atoms with Crippen LogP contribution in [0.1, 0.15) is 33.9 Å². The fourth-order valence-electron chi connectivity index (χ4n) is 3.26. The lowest BCUT2D eigenvalue weighted by molar-refractivity contribution is -0.107. The third-order valence-corrected chi connectivity index (χ3v) is 4.94. The summed E-state index contributed by atoms with van der Waals surface area (Å²) in [5, 5.41) is 2.91. The number of hydrogen-bond donors (Lipinski definition) is 1. The molecule has 7 heteroatoms. The van der Waals surface area contributed by atoms with Crippen molar-refractivity contribution in [3.63, 3.8) is 0 Å². The van der Waals surface area contributed by atoms with Gasteiger partial charge in [0.2, 0.25) is 0 Å². The molecule has 1 aromatic carbocycles. The summed E-state index contributed by atoms with van der Waals surface area (Å²) >= 11 is 0. The molecule has 3 heterocycles. The number of aryl methyl sites for hydroxylation is 2. The molecular formula is C24H22N4O3. The zero-order valence-corrected chi connectivity index (χ0v) is 17.1. The Hall–Kier alpha value is -4.00. The van der Waals surface area contributed by atoms with E-state index in [1.807, 2.05) is 47.9 Å². The van der Waals surface area contributed by atoms with Crippen molar-refractivity contribution in [2.45, 2.75) is 26.4 Å². The van der Waals surface area contributed by atoms with E-state index in [4.69, 9.17) is 4.74 Å². The van der Waals surface area contributed by atoms with E-state index in [1.165, 1.54) is 0 Å². The van der Waals surface area contributed by atoms with Gasteiger partial charge in [0.25, 0.3) is 5.91 Å². The van der Waals surface area contributed by atoms with E-state index in [0.717, 1.165) is 29.0 Å². The summed E-state index contributed by atoms with van der Waals surface area (Å²) in [5.41, 5.74) is 4.66. The summed E-state index contributed by atoms with van der Waals surface area (Å²) in [6, 6.07) is 16.3. The number of benzene rings is 1. The van der Waals surface area contributed by atoms with Crippen LogP contribution in [0.25, 0.3) is 5.65 Å². The molecule has 0 saturated heterocycles. The molecule has 0 aliphatic carbocycles. The Morgan fingerprint density at radius 3 is 2.71 bits per heavy atom. The summed E-state index contributed by atoms with van der Waals surface area (Å²) in [6.07, 6.45) is 5.50. The number of imidazole rings is 1. The van der Waals surface area contributed by atoms with Gasteiger partial charge in [0, 0.05) is 30.1 Å². The van der Waals surface area contributed by atoms with Gasteiger partial charge in [-0.25, -0.2) is 4.98 Å². The topological polar surface area (TPSA) is 85.6 Å². The van der Waals surface area contributed by atoms with Crippen LogP contribution in [0.4, 0.5) is 5.69 Å². The molecule has 4 rings (SSSR count). The Morgan fingerprint density at radius 2 is 1.97 bits per heavy atom. The highest BCUT2D eigenvalue weighted by Crippen LogP contribution is 2.19. The molecule has 0 radical (unpaired) electrons. The lowest BCUT2D eigenvalue weighted by Crippen LogP contribution is -2.12. The number of nitrogens with zero attached hydrogens (tertiary/aromatic N) is 3. The first kappa shape index (κ1) is 20.3. The molecule has 7 nitrogen and oxygen atoms in total. The molecule has 1 N–H and O–H groups in total. The highest BCUT2D eigenvalue weighted by molar-refractivity contribution is 6.04. The Bertz CT molecular complexity index is 1200. The zero-order chi connectivity index (χ0) is 21.6. The normalized spacial score (nSPS) is 10.7. The summed E-state index contributed by atoms with van der Waals surface area (Å²) in [7, 11) is 0. The Morgan fingerprint density at radius 1 is 1.13 bits per heavy atom. The fraction of sp³-hybridized carbons (Fsp3) is 0.167. The van der Waals surface area contributed by atoms with E-state index in [-0.39, 0.29) is 5.91 Å². The van der Waals surface area contributed by atoms with Crippen LogP contribution in [-0.2, 0) is 17.8 Å². The largest absolute Gasteiger partial charge is 0.487 e. The Balaban J connectivity index is 1.42. The van der Waals surface area contributed by atoms with Gasteiger partial charge in [-0.1, -0.05) is 6.07 Å². The Labute approximate surface area is 179 Å². The highest BCUT2D eigenvalue weighted by Gasteiger charge is 2.11. The third-order valence-electron chi connectivity index (χ3n) is 4.94. The van der Waals surface area contributed by atoms with Crippen molar-refractivity contribution in [2.24, 2.45) is 0 Å². The molecule has 0 aliphatic rings. The predicted octanol–water partition coefficient (Wildman–Crippen LogP) is 4.00. The molecule has 3 aromatic heterocycles. The number of anilines is 1. The number of fused-ring (bicyclic) bond motifs is 1. The lowest BCUT2D eigenvalue weighted by Gasteiger charge is -2.08. The SMILES string of the molecule is Cc1c(CCC=O)nc2ccc(NC(=O)c3ccc(OCc4ccccn4)cc3)cn12. The van der Waals surface area contributed by atoms with Gasteiger partial charge in [-0.05, 0) is 61.9 Å². The number of amides is 1. The molecular weight excluding hydrogens is 392 g/mol. The minimum Gasteiger partial charge on any atom is -0.487 e. The molecule has 0 fully saturated rings. The van der Waals surface area contributed by atoms with Gasteiger partial charge in [-0.15, -0.1) is 0 Å². The van der Waals surface area contributed by atoms with E-state index >= 15 is 0 Å². The molecule has 156 valence electrons. The number of nitrogens with one attached hydrogen (secondary N) is 1. The smallest absolute Gasteiger partial charge is 0.255 e. The summed E-state index contributed by atoms with van der Waals surface area (Å²) in [5.74, 6) is 0.454. The number of ether oxygens (including phenoxy) is 1. The van der Waals surface area contributed by atoms with Crippen LogP contribution in [-0.4, -0.2) is 26.6 Å². The second kappa shape index (κ2) is 9.21. The number of rotatable bonds is 8. The lowest BCUT2D eigenvalue weighted by atomic mass is 10.2. The van der Waals surface area contributed by atoms with Crippen molar-refractivity contribution in [3.05, 3.63) is 89.6 Å². The number of hydrogen-bond acceptors (Lipinski definition) is 5. The van der Waals surface area contributed by atoms with E-state index in [1.54, 1.807) is 30.5 Å². The first-order chi connectivity index (χ1) is 15.1. The van der Waals surface area contributed by atoms with Gasteiger partial charge < -0.3 is 19.2 Å². The predicted molar refractivity (Wildman–Crippen MR) is 117 cm³/mol. The van der Waals surface area contributed by atoms with Crippen molar-refractivity contribution in [3.8, 4) is 5.75 Å². The van der Waals surface area contributed by atoms with Crippen molar-refractivity contribution >= 4 is 23.5 Å². The van der Waals surface area contributed by atoms with Gasteiger partial charge in [-0.3, -0.25) is 9.78 Å². The van der Waals surface area contributed by atoms with Gasteiger partial charge in [0.1, 0.15) is 24.3 Å². The van der Waals surface area contributed by atoms with Crippen LogP contribution in [0.5, 0.6) is 5.75 Å². The highest BCUT2D eigenvalue weighted by atomic mass is 16.5. The maximum Gasteiger partial charge on any atom is 0.255 e. The van der Waals surface area contributed by atoms with Gasteiger partial charge in [0.05, 0.1) is 17.1 Å². The maximum absolute atomic E-state index is 12.6. The van der Waals surface area contributed by atoms with E-state index in [2.05, 4.69) is 15.3 Å². The van der Waals surface area contributed by atoms with Gasteiger partial charge >= 0.3 is 0 Å². The molecule has 0 spiro atoms. The number of aldehydes is 1. The summed E-state index contributed by atoms with van der Waals surface area (Å²) in [6.45, 7) is 2.32. The quantitative estimate of drug-likeness (QED) is 0.441. The van der Waals surface area contributed by atoms with Crippen LogP contribution in [0.15, 0.2) is 67.0 Å². The average molecular weight is 414 g/mol. The molecule has 1 amide bonds. The minimum absolute atomic E-state index is 0.213. The van der Waals surface area contributed by atoms with Crippen molar-refractivity contribution in [2.75, 3.05) is 5.32 Å². The van der Waals surface area contributed by atoms with E-state index < -0.39 is 0 Å². The molecule has 0 unspecified atom stereocenters. The number of aromatic nitrogens is 3. The monoisotopic (exact) mass is 414 g/mol. The number of pyridine rings is 2. The standard InChI is InChI=1S/C24H22N4O3/c1-17-22(6-4-14-29)27-23-12-9-19(15-28(17)23)26-24(30)18-7-10-21(11-8-18)31-16-20-5-2-3-13-25-20/h2-3,5,7-15H,4,6,16H2,1H3,(H,26,30). The maximum atomic E-state index is 12.6. The molecule has 0 bridgehead atoms. The molecule has 4 aromatic rings. The zero-order valence-electron chi connectivity index (χ0n) is 17.1. The Kier molecular flexibility index (Phi) is 6.03. The van der Waals surface area contributed by atoms with Crippen molar-refractivity contribution in [1.82, 2.24) is 14.4 Å². The van der Waals surface area contributed by atoms with Crippen molar-refractivity contribution in [1.29, 1.82) is 0 Å². The average Bonchev–Trinajstić information content (AvgIpc) is 3.12. The first-order valence-corrected chi connectivity index (χ1v) is 9.99. The van der Waals surface area contributed by atoms with Crippen LogP contribution >= 0.6 is 0 Å². The molecule has 0 atom stereocenters. The fourth-order valence-corrected chi connectivity index (χ4v) is 3.26. The minimum atomic E-state index is -0.213. The van der Waals surface area contributed by atoms with Crippen LogP contribution in [0.2, 0.25) is 0 Å². The molecule has 0 aliphatic heterocycles. The molecule has 0 saturated carbocycles. The number of carbonyl (C=O) groups excluding carboxylic acids is 2. The van der Waals surface area contributed by atoms with E-state index in [0.29, 0.717) is 36.4 Å². The summed E-state index contributed by atoms with van der Waals surface area (Å²) < 4.78 is 7.63. The van der Waals surface area contributed by atoms with Gasteiger partial charge in [0.15, 0.2) is 0 Å². The second-order valence-electron chi connectivity index (χ2n) is 7.08. The van der Waals surface area contributed by atoms with Crippen LogP contribution < -0.4 is 10.1 Å². The van der Waals surface area contributed by atoms with Crippen molar-refractivity contribution < 1.29 is 14.3 Å². The van der Waals surface area contributed by atoms with Crippen LogP contribution in [0, 0.1) is 6.92 Å². The van der Waals surface area contributed by atoms with E-state index in [9.17, 15) is 9.59 Å². The van der Waals surface area contributed by atoms with Gasteiger partial charge in [-0.2, -0.15) is 0 Å². The number of carbonyl (C=O) groups is 2. The third kappa shape index (κ3) is 4.78. The molecule has 31 heavy (non-hydrogen) atoms.